The lowest BCUT2D eigenvalue weighted by Gasteiger charge is -2.03. The smallest absolute Gasteiger partial charge is 0.150 e. The number of hydrogen-bond donors (Lipinski definition) is 1. The van der Waals surface area contributed by atoms with E-state index in [1.54, 1.807) is 24.3 Å². The van der Waals surface area contributed by atoms with Crippen LogP contribution in [0.3, 0.4) is 0 Å². The van der Waals surface area contributed by atoms with E-state index in [-0.39, 0.29) is 0 Å². The summed E-state index contributed by atoms with van der Waals surface area (Å²) in [4.78, 5) is 18.2. The van der Waals surface area contributed by atoms with Gasteiger partial charge < -0.3 is 9.72 Å². The fourth-order valence-corrected chi connectivity index (χ4v) is 1.87. The summed E-state index contributed by atoms with van der Waals surface area (Å²) in [6.45, 7) is 0.370. The molecule has 19 heavy (non-hydrogen) atoms. The first kappa shape index (κ1) is 11.5. The Kier molecular flexibility index (Phi) is 2.98. The number of nitrogens with one attached hydrogen (secondary N) is 1. The molecule has 4 nitrogen and oxygen atoms in total. The minimum Gasteiger partial charge on any atom is -0.486 e. The summed E-state index contributed by atoms with van der Waals surface area (Å²) in [6, 6.07) is 14.8. The van der Waals surface area contributed by atoms with Crippen LogP contribution in [0.4, 0.5) is 0 Å². The second-order valence-electron chi connectivity index (χ2n) is 4.18. The van der Waals surface area contributed by atoms with Crippen LogP contribution < -0.4 is 4.74 Å². The Morgan fingerprint density at radius 3 is 2.63 bits per heavy atom. The highest BCUT2D eigenvalue weighted by atomic mass is 16.5. The summed E-state index contributed by atoms with van der Waals surface area (Å²) < 4.78 is 5.61. The highest BCUT2D eigenvalue weighted by Gasteiger charge is 2.02. The van der Waals surface area contributed by atoms with E-state index in [9.17, 15) is 4.79 Å². The number of carbonyl (C=O) groups excluding carboxylic acids is 1. The molecule has 0 bridgehead atoms. The molecular weight excluding hydrogens is 240 g/mol. The van der Waals surface area contributed by atoms with E-state index >= 15 is 0 Å². The van der Waals surface area contributed by atoms with Crippen molar-refractivity contribution in [2.75, 3.05) is 0 Å². The van der Waals surface area contributed by atoms with Crippen LogP contribution in [0, 0.1) is 0 Å². The van der Waals surface area contributed by atoms with Crippen LogP contribution in [0.2, 0.25) is 0 Å². The number of aromatic amines is 1. The maximum Gasteiger partial charge on any atom is 0.150 e. The molecule has 3 aromatic rings. The topological polar surface area (TPSA) is 55.0 Å². The van der Waals surface area contributed by atoms with Crippen molar-refractivity contribution in [3.05, 3.63) is 59.9 Å². The maximum absolute atomic E-state index is 10.5. The summed E-state index contributed by atoms with van der Waals surface area (Å²) in [5.41, 5.74) is 2.56. The number of carbonyl (C=O) groups is 1. The molecule has 2 aromatic carbocycles. The molecule has 94 valence electrons. The first-order valence-electron chi connectivity index (χ1n) is 5.97. The van der Waals surface area contributed by atoms with Gasteiger partial charge in [0.25, 0.3) is 0 Å². The molecule has 0 aliphatic rings. The Bertz CT molecular complexity index is 668. The number of hydrogen-bond acceptors (Lipinski definition) is 3. The summed E-state index contributed by atoms with van der Waals surface area (Å²) in [6.07, 6.45) is 0.809. The zero-order valence-electron chi connectivity index (χ0n) is 10.2. The van der Waals surface area contributed by atoms with Gasteiger partial charge >= 0.3 is 0 Å². The first-order chi connectivity index (χ1) is 9.35. The lowest BCUT2D eigenvalue weighted by molar-refractivity contribution is 0.112. The van der Waals surface area contributed by atoms with Crippen molar-refractivity contribution in [1.29, 1.82) is 0 Å². The Labute approximate surface area is 110 Å². The van der Waals surface area contributed by atoms with Gasteiger partial charge in [-0.3, -0.25) is 4.79 Å². The third kappa shape index (κ3) is 2.47. The highest BCUT2D eigenvalue weighted by molar-refractivity contribution is 5.75. The fourth-order valence-electron chi connectivity index (χ4n) is 1.87. The van der Waals surface area contributed by atoms with E-state index in [1.165, 1.54) is 0 Å². The molecule has 1 N–H and O–H groups in total. The van der Waals surface area contributed by atoms with Gasteiger partial charge in [-0.25, -0.2) is 4.98 Å². The zero-order chi connectivity index (χ0) is 13.1. The molecule has 0 radical (unpaired) electrons. The molecule has 0 unspecified atom stereocenters. The van der Waals surface area contributed by atoms with Crippen LogP contribution in [0.25, 0.3) is 11.0 Å². The molecule has 0 amide bonds. The van der Waals surface area contributed by atoms with Crippen molar-refractivity contribution in [3.63, 3.8) is 0 Å². The van der Waals surface area contributed by atoms with Crippen LogP contribution in [0.1, 0.15) is 16.2 Å². The number of aromatic nitrogens is 2. The van der Waals surface area contributed by atoms with E-state index in [0.717, 1.165) is 23.1 Å². The quantitative estimate of drug-likeness (QED) is 0.726. The van der Waals surface area contributed by atoms with E-state index < -0.39 is 0 Å². The van der Waals surface area contributed by atoms with E-state index in [0.29, 0.717) is 17.9 Å². The normalized spacial score (nSPS) is 10.5. The predicted octanol–water partition coefficient (Wildman–Crippen LogP) is 2.95. The number of ether oxygens (including phenoxy) is 1. The summed E-state index contributed by atoms with van der Waals surface area (Å²) in [7, 11) is 0. The summed E-state index contributed by atoms with van der Waals surface area (Å²) in [5, 5.41) is 0. The Morgan fingerprint density at radius 2 is 1.89 bits per heavy atom. The monoisotopic (exact) mass is 252 g/mol. The van der Waals surface area contributed by atoms with Gasteiger partial charge in [0.05, 0.1) is 11.0 Å². The minimum absolute atomic E-state index is 0.370. The number of rotatable bonds is 4. The van der Waals surface area contributed by atoms with Crippen molar-refractivity contribution >= 4 is 17.3 Å². The van der Waals surface area contributed by atoms with E-state index in [4.69, 9.17) is 4.74 Å². The van der Waals surface area contributed by atoms with Gasteiger partial charge in [0.15, 0.2) is 0 Å². The third-order valence-electron chi connectivity index (χ3n) is 2.83. The molecule has 4 heteroatoms. The number of para-hydroxylation sites is 2. The molecule has 0 fully saturated rings. The van der Waals surface area contributed by atoms with Crippen LogP contribution in [-0.2, 0) is 6.61 Å². The predicted molar refractivity (Wildman–Crippen MR) is 72.3 cm³/mol. The van der Waals surface area contributed by atoms with Gasteiger partial charge in [-0.15, -0.1) is 0 Å². The number of benzene rings is 2. The molecule has 0 atom stereocenters. The van der Waals surface area contributed by atoms with E-state index in [2.05, 4.69) is 9.97 Å². The lowest BCUT2D eigenvalue weighted by atomic mass is 10.2. The molecule has 0 spiro atoms. The third-order valence-corrected chi connectivity index (χ3v) is 2.83. The fraction of sp³-hybridized carbons (Fsp3) is 0.0667. The molecule has 0 saturated heterocycles. The SMILES string of the molecule is O=Cc1ccc(OCc2nc3ccccc3[nH]2)cc1. The van der Waals surface area contributed by atoms with Crippen molar-refractivity contribution in [2.45, 2.75) is 6.61 Å². The zero-order valence-corrected chi connectivity index (χ0v) is 10.2. The van der Waals surface area contributed by atoms with Gasteiger partial charge in [0.1, 0.15) is 24.5 Å². The van der Waals surface area contributed by atoms with Crippen LogP contribution in [-0.4, -0.2) is 16.3 Å². The summed E-state index contributed by atoms with van der Waals surface area (Å²) >= 11 is 0. The maximum atomic E-state index is 10.5. The largest absolute Gasteiger partial charge is 0.486 e. The number of aldehydes is 1. The highest BCUT2D eigenvalue weighted by Crippen LogP contribution is 2.14. The second-order valence-corrected chi connectivity index (χ2v) is 4.18. The van der Waals surface area contributed by atoms with E-state index in [1.807, 2.05) is 24.3 Å². The number of imidazole rings is 1. The van der Waals surface area contributed by atoms with Crippen LogP contribution in [0.15, 0.2) is 48.5 Å². The molecular formula is C15H12N2O2. The summed E-state index contributed by atoms with van der Waals surface area (Å²) in [5.74, 6) is 1.49. The molecule has 0 saturated carbocycles. The van der Waals surface area contributed by atoms with Gasteiger partial charge in [0.2, 0.25) is 0 Å². The molecule has 1 heterocycles. The lowest BCUT2D eigenvalue weighted by Crippen LogP contribution is -1.97. The van der Waals surface area contributed by atoms with Crippen LogP contribution >= 0.6 is 0 Å². The standard InChI is InChI=1S/C15H12N2O2/c18-9-11-5-7-12(8-6-11)19-10-15-16-13-3-1-2-4-14(13)17-15/h1-9H,10H2,(H,16,17). The van der Waals surface area contributed by atoms with Crippen molar-refractivity contribution in [2.24, 2.45) is 0 Å². The van der Waals surface area contributed by atoms with Crippen molar-refractivity contribution in [3.8, 4) is 5.75 Å². The Balaban J connectivity index is 1.72. The van der Waals surface area contributed by atoms with Gasteiger partial charge in [0, 0.05) is 5.56 Å². The van der Waals surface area contributed by atoms with Crippen LogP contribution in [0.5, 0.6) is 5.75 Å². The molecule has 1 aromatic heterocycles. The minimum atomic E-state index is 0.370. The van der Waals surface area contributed by atoms with Gasteiger partial charge in [-0.05, 0) is 36.4 Å². The second kappa shape index (κ2) is 4.94. The average molecular weight is 252 g/mol. The average Bonchev–Trinajstić information content (AvgIpc) is 2.88. The Hall–Kier alpha value is -2.62. The van der Waals surface area contributed by atoms with Gasteiger partial charge in [-0.1, -0.05) is 12.1 Å². The van der Waals surface area contributed by atoms with Crippen molar-refractivity contribution < 1.29 is 9.53 Å². The number of nitrogens with zero attached hydrogens (tertiary/aromatic N) is 1. The Morgan fingerprint density at radius 1 is 1.11 bits per heavy atom. The molecule has 0 aliphatic heterocycles. The molecule has 0 aliphatic carbocycles. The number of H-pyrrole nitrogens is 1. The van der Waals surface area contributed by atoms with Gasteiger partial charge in [-0.2, -0.15) is 0 Å². The van der Waals surface area contributed by atoms with Crippen molar-refractivity contribution in [1.82, 2.24) is 9.97 Å². The first-order valence-corrected chi connectivity index (χ1v) is 5.97. The molecule has 3 rings (SSSR count). The number of fused-ring (bicyclic) bond motifs is 1.